The quantitative estimate of drug-likeness (QED) is 0.130. The normalized spacial score (nSPS) is 10.9. The van der Waals surface area contributed by atoms with Crippen molar-refractivity contribution in [3.8, 4) is 34.1 Å². The highest BCUT2D eigenvalue weighted by molar-refractivity contribution is 8.03. The number of halogens is 5. The van der Waals surface area contributed by atoms with Crippen LogP contribution in [0, 0.1) is 34.1 Å². The third-order valence-corrected chi connectivity index (χ3v) is 5.50. The molecule has 8 heteroatoms. The molecule has 0 aliphatic heterocycles. The summed E-state index contributed by atoms with van der Waals surface area (Å²) >= 11 is 0.400. The molecule has 0 aromatic heterocycles. The van der Waals surface area contributed by atoms with Crippen LogP contribution in [-0.4, -0.2) is 6.36 Å². The number of nitrogens with zero attached hydrogens (tertiary/aromatic N) is 1. The van der Waals surface area contributed by atoms with Crippen molar-refractivity contribution in [1.29, 1.82) is 5.26 Å². The molecule has 4 aromatic carbocycles. The van der Waals surface area contributed by atoms with Crippen molar-refractivity contribution < 1.29 is 26.7 Å². The van der Waals surface area contributed by atoms with E-state index in [0.717, 1.165) is 28.5 Å². The number of thiocyanates is 1. The van der Waals surface area contributed by atoms with Crippen molar-refractivity contribution in [2.75, 3.05) is 0 Å². The Kier molecular flexibility index (Phi) is 6.45. The lowest BCUT2D eigenvalue weighted by molar-refractivity contribution is -0.274. The number of rotatable bonds is 3. The maximum absolute atomic E-state index is 14.1. The summed E-state index contributed by atoms with van der Waals surface area (Å²) in [5, 5.41) is 11.9. The molecule has 0 spiro atoms. The van der Waals surface area contributed by atoms with Gasteiger partial charge in [-0.2, -0.15) is 5.26 Å². The Bertz CT molecular complexity index is 1460. The molecule has 0 unspecified atom stereocenters. The van der Waals surface area contributed by atoms with E-state index in [2.05, 4.69) is 16.6 Å². The Morgan fingerprint density at radius 1 is 0.794 bits per heavy atom. The minimum atomic E-state index is -4.77. The molecule has 0 N–H and O–H groups in total. The van der Waals surface area contributed by atoms with E-state index in [-0.39, 0.29) is 16.2 Å². The van der Waals surface area contributed by atoms with Gasteiger partial charge in [0.1, 0.15) is 22.8 Å². The van der Waals surface area contributed by atoms with Gasteiger partial charge in [0.25, 0.3) is 0 Å². The van der Waals surface area contributed by atoms with Crippen LogP contribution in [0.4, 0.5) is 22.0 Å². The van der Waals surface area contributed by atoms with E-state index in [0.29, 0.717) is 22.9 Å². The van der Waals surface area contributed by atoms with Gasteiger partial charge in [-0.15, -0.1) is 13.2 Å². The Hall–Kier alpha value is -4.01. The second-order valence-corrected chi connectivity index (χ2v) is 7.79. The van der Waals surface area contributed by atoms with Crippen molar-refractivity contribution in [1.82, 2.24) is 0 Å². The Morgan fingerprint density at radius 2 is 1.44 bits per heavy atom. The molecule has 0 bridgehead atoms. The van der Waals surface area contributed by atoms with Gasteiger partial charge >= 0.3 is 6.36 Å². The number of thioether (sulfide) groups is 1. The standard InChI is InChI=1S/C26H12F5NOS/c27-23-13-16(14-24(28)25(23)34-15-32)5-6-17-9-12-21(22-4-2-1-3-20(17)22)18-7-10-19(11-8-18)33-26(29,30)31/h1-4,7-14H. The van der Waals surface area contributed by atoms with E-state index >= 15 is 0 Å². The largest absolute Gasteiger partial charge is 0.573 e. The summed E-state index contributed by atoms with van der Waals surface area (Å²) in [5.74, 6) is 3.62. The smallest absolute Gasteiger partial charge is 0.406 e. The van der Waals surface area contributed by atoms with Crippen LogP contribution in [0.15, 0.2) is 77.7 Å². The van der Waals surface area contributed by atoms with E-state index in [4.69, 9.17) is 5.26 Å². The van der Waals surface area contributed by atoms with Crippen LogP contribution in [-0.2, 0) is 0 Å². The average molecular weight is 481 g/mol. The maximum Gasteiger partial charge on any atom is 0.573 e. The second-order valence-electron chi connectivity index (χ2n) is 6.99. The fourth-order valence-corrected chi connectivity index (χ4v) is 3.81. The average Bonchev–Trinajstić information content (AvgIpc) is 2.79. The summed E-state index contributed by atoms with van der Waals surface area (Å²) in [5.41, 5.74) is 2.17. The number of ether oxygens (including phenoxy) is 1. The third-order valence-electron chi connectivity index (χ3n) is 4.81. The molecule has 0 amide bonds. The first kappa shape index (κ1) is 23.2. The van der Waals surface area contributed by atoms with E-state index in [9.17, 15) is 22.0 Å². The fraction of sp³-hybridized carbons (Fsp3) is 0.0385. The zero-order valence-corrected chi connectivity index (χ0v) is 17.9. The molecule has 0 fully saturated rings. The number of nitriles is 1. The zero-order chi connectivity index (χ0) is 24.3. The van der Waals surface area contributed by atoms with Crippen LogP contribution in [0.1, 0.15) is 11.1 Å². The fourth-order valence-electron chi connectivity index (χ4n) is 3.41. The Morgan fingerprint density at radius 3 is 2.06 bits per heavy atom. The highest BCUT2D eigenvalue weighted by atomic mass is 32.2. The summed E-state index contributed by atoms with van der Waals surface area (Å²) in [4.78, 5) is -0.380. The monoisotopic (exact) mass is 481 g/mol. The van der Waals surface area contributed by atoms with E-state index in [1.165, 1.54) is 24.3 Å². The Balaban J connectivity index is 1.71. The lowest BCUT2D eigenvalue weighted by Gasteiger charge is -2.11. The van der Waals surface area contributed by atoms with Crippen LogP contribution in [0.5, 0.6) is 5.75 Å². The van der Waals surface area contributed by atoms with Gasteiger partial charge in [-0.3, -0.25) is 0 Å². The predicted molar refractivity (Wildman–Crippen MR) is 120 cm³/mol. The topological polar surface area (TPSA) is 33.0 Å². The molecule has 168 valence electrons. The summed E-state index contributed by atoms with van der Waals surface area (Å²) in [6.45, 7) is 0. The molecular weight excluding hydrogens is 469 g/mol. The van der Waals surface area contributed by atoms with Gasteiger partial charge in [0, 0.05) is 11.1 Å². The maximum atomic E-state index is 14.1. The van der Waals surface area contributed by atoms with Crippen LogP contribution < -0.4 is 4.74 Å². The van der Waals surface area contributed by atoms with Crippen molar-refractivity contribution in [2.24, 2.45) is 0 Å². The zero-order valence-electron chi connectivity index (χ0n) is 17.1. The van der Waals surface area contributed by atoms with Gasteiger partial charge in [-0.25, -0.2) is 8.78 Å². The number of hydrogen-bond acceptors (Lipinski definition) is 3. The SMILES string of the molecule is N#CSc1c(F)cc(C#Cc2ccc(-c3ccc(OC(F)(F)F)cc3)c3ccccc23)cc1F. The number of fused-ring (bicyclic) bond motifs is 1. The minimum absolute atomic E-state index is 0.116. The molecule has 0 saturated carbocycles. The minimum Gasteiger partial charge on any atom is -0.406 e. The van der Waals surface area contributed by atoms with Crippen LogP contribution in [0.3, 0.4) is 0 Å². The van der Waals surface area contributed by atoms with Crippen molar-refractivity contribution >= 4 is 22.5 Å². The van der Waals surface area contributed by atoms with Crippen LogP contribution in [0.25, 0.3) is 21.9 Å². The third kappa shape index (κ3) is 5.14. The van der Waals surface area contributed by atoms with Gasteiger partial charge in [0.15, 0.2) is 0 Å². The highest BCUT2D eigenvalue weighted by Gasteiger charge is 2.31. The summed E-state index contributed by atoms with van der Waals surface area (Å²) < 4.78 is 69.4. The van der Waals surface area contributed by atoms with Gasteiger partial charge in [0.2, 0.25) is 0 Å². The first-order valence-corrected chi connectivity index (χ1v) is 10.5. The van der Waals surface area contributed by atoms with Crippen LogP contribution in [0.2, 0.25) is 0 Å². The van der Waals surface area contributed by atoms with Crippen LogP contribution >= 0.6 is 11.8 Å². The van der Waals surface area contributed by atoms with Crippen molar-refractivity contribution in [2.45, 2.75) is 11.3 Å². The second kappa shape index (κ2) is 9.46. The summed E-state index contributed by atoms with van der Waals surface area (Å²) in [7, 11) is 0. The number of alkyl halides is 3. The van der Waals surface area contributed by atoms with Gasteiger partial charge in [-0.1, -0.05) is 54.3 Å². The number of benzene rings is 4. The Labute approximate surface area is 195 Å². The van der Waals surface area contributed by atoms with Crippen molar-refractivity contribution in [3.63, 3.8) is 0 Å². The lowest BCUT2D eigenvalue weighted by atomic mass is 9.95. The molecule has 0 saturated heterocycles. The molecule has 0 aliphatic rings. The molecular formula is C26H12F5NOS. The summed E-state index contributed by atoms with van der Waals surface area (Å²) in [6, 6.07) is 18.5. The molecule has 0 atom stereocenters. The van der Waals surface area contributed by atoms with Gasteiger partial charge in [-0.05, 0) is 64.0 Å². The molecule has 4 aromatic rings. The van der Waals surface area contributed by atoms with E-state index < -0.39 is 18.0 Å². The van der Waals surface area contributed by atoms with E-state index in [1.807, 2.05) is 24.3 Å². The lowest BCUT2D eigenvalue weighted by Crippen LogP contribution is -2.16. The molecule has 0 aliphatic carbocycles. The van der Waals surface area contributed by atoms with Gasteiger partial charge in [0.05, 0.1) is 4.90 Å². The molecule has 2 nitrogen and oxygen atoms in total. The van der Waals surface area contributed by atoms with Gasteiger partial charge < -0.3 is 4.74 Å². The van der Waals surface area contributed by atoms with E-state index in [1.54, 1.807) is 17.5 Å². The molecule has 0 heterocycles. The first-order valence-electron chi connectivity index (χ1n) is 9.70. The number of hydrogen-bond donors (Lipinski definition) is 0. The summed E-state index contributed by atoms with van der Waals surface area (Å²) in [6.07, 6.45) is -4.77. The van der Waals surface area contributed by atoms with Crippen molar-refractivity contribution in [3.05, 3.63) is 95.6 Å². The molecule has 0 radical (unpaired) electrons. The molecule has 34 heavy (non-hydrogen) atoms. The first-order chi connectivity index (χ1) is 16.2. The molecule has 4 rings (SSSR count). The predicted octanol–water partition coefficient (Wildman–Crippen LogP) is 7.66. The highest BCUT2D eigenvalue weighted by Crippen LogP contribution is 2.33.